The topological polar surface area (TPSA) is 131 Å². The van der Waals surface area contributed by atoms with E-state index < -0.39 is 5.60 Å². The number of rotatable bonds is 3. The number of aromatic nitrogens is 2. The fraction of sp³-hybridized carbons (Fsp3) is 0.471. The summed E-state index contributed by atoms with van der Waals surface area (Å²) in [5.74, 6) is 0.896. The van der Waals surface area contributed by atoms with Gasteiger partial charge in [-0.05, 0) is 33.6 Å². The molecule has 1 aromatic carbocycles. The Hall–Kier alpha value is -2.39. The number of carbonyl (C=O) groups excluding carboxylic acids is 1. The summed E-state index contributed by atoms with van der Waals surface area (Å²) in [7, 11) is 1.82. The molecule has 1 unspecified atom stereocenters. The molecule has 9 heteroatoms. The van der Waals surface area contributed by atoms with Crippen LogP contribution in [0.5, 0.6) is 0 Å². The van der Waals surface area contributed by atoms with E-state index in [0.717, 1.165) is 18.3 Å². The van der Waals surface area contributed by atoms with Gasteiger partial charge in [-0.3, -0.25) is 4.90 Å². The van der Waals surface area contributed by atoms with Crippen molar-refractivity contribution in [2.45, 2.75) is 45.3 Å². The van der Waals surface area contributed by atoms with Gasteiger partial charge in [0, 0.05) is 6.54 Å². The number of benzene rings is 1. The van der Waals surface area contributed by atoms with Crippen LogP contribution in [0, 0.1) is 0 Å². The third-order valence-corrected chi connectivity index (χ3v) is 3.71. The Bertz CT molecular complexity index is 702. The zero-order valence-electron chi connectivity index (χ0n) is 15.2. The minimum absolute atomic E-state index is 0. The van der Waals surface area contributed by atoms with E-state index in [2.05, 4.69) is 10.2 Å². The van der Waals surface area contributed by atoms with Crippen molar-refractivity contribution in [2.75, 3.05) is 6.54 Å². The first-order valence-electron chi connectivity index (χ1n) is 8.15. The first-order chi connectivity index (χ1) is 11.4. The van der Waals surface area contributed by atoms with Crippen LogP contribution in [0.25, 0.3) is 0 Å². The highest BCUT2D eigenvalue weighted by Crippen LogP contribution is 2.31. The molecule has 1 atom stereocenters. The van der Waals surface area contributed by atoms with Gasteiger partial charge in [0.1, 0.15) is 11.6 Å². The van der Waals surface area contributed by atoms with Crippen molar-refractivity contribution in [2.24, 2.45) is 0 Å². The van der Waals surface area contributed by atoms with E-state index in [0.29, 0.717) is 18.2 Å². The van der Waals surface area contributed by atoms with Gasteiger partial charge in [-0.1, -0.05) is 35.8 Å². The monoisotopic (exact) mass is 362 g/mol. The number of hydrogen-bond acceptors (Lipinski definition) is 5. The van der Waals surface area contributed by atoms with Crippen molar-refractivity contribution in [1.29, 1.82) is 0 Å². The maximum absolute atomic E-state index is 12.3. The van der Waals surface area contributed by atoms with Crippen LogP contribution in [0.15, 0.2) is 34.7 Å². The Morgan fingerprint density at radius 2 is 1.92 bits per heavy atom. The highest BCUT2D eigenvalue weighted by molar-refractivity contribution is 6.65. The van der Waals surface area contributed by atoms with E-state index in [1.165, 1.54) is 0 Å². The number of carbonyl (C=O) groups is 1. The van der Waals surface area contributed by atoms with Crippen LogP contribution in [0.2, 0.25) is 0 Å². The van der Waals surface area contributed by atoms with E-state index in [4.69, 9.17) is 9.15 Å². The summed E-state index contributed by atoms with van der Waals surface area (Å²) in [4.78, 5) is 14.0. The number of amides is 1. The van der Waals surface area contributed by atoms with Gasteiger partial charge in [0.2, 0.25) is 5.89 Å². The Kier molecular flexibility index (Phi) is 7.35. The molecule has 2 aromatic rings. The maximum Gasteiger partial charge on any atom is 0.410 e. The molecule has 8 nitrogen and oxygen atoms in total. The fourth-order valence-electron chi connectivity index (χ4n) is 2.69. The SMILES string of the molecule is CC(C)(C)OC(=O)N1CCCC1c1nnc([B]c2ccccc2)o1.O.O. The summed E-state index contributed by atoms with van der Waals surface area (Å²) < 4.78 is 11.2. The lowest BCUT2D eigenvalue weighted by Gasteiger charge is -2.27. The van der Waals surface area contributed by atoms with Gasteiger partial charge in [-0.15, -0.1) is 10.2 Å². The molecule has 3 rings (SSSR count). The van der Waals surface area contributed by atoms with Crippen molar-refractivity contribution >= 4 is 24.6 Å². The van der Waals surface area contributed by atoms with Gasteiger partial charge >= 0.3 is 6.09 Å². The second-order valence-corrected chi connectivity index (χ2v) is 6.87. The van der Waals surface area contributed by atoms with Gasteiger partial charge in [0.05, 0.1) is 0 Å². The average Bonchev–Trinajstić information content (AvgIpc) is 3.15. The van der Waals surface area contributed by atoms with Gasteiger partial charge in [-0.2, -0.15) is 0 Å². The van der Waals surface area contributed by atoms with Crippen LogP contribution in [-0.2, 0) is 4.74 Å². The molecule has 26 heavy (non-hydrogen) atoms. The number of ether oxygens (including phenoxy) is 1. The van der Waals surface area contributed by atoms with E-state index in [1.807, 2.05) is 58.4 Å². The van der Waals surface area contributed by atoms with E-state index >= 15 is 0 Å². The largest absolute Gasteiger partial charge is 0.444 e. The molecule has 1 fully saturated rings. The summed E-state index contributed by atoms with van der Waals surface area (Å²) in [6.45, 7) is 6.21. The van der Waals surface area contributed by atoms with Crippen LogP contribution >= 0.6 is 0 Å². The molecule has 2 heterocycles. The Morgan fingerprint density at radius 1 is 1.23 bits per heavy atom. The molecule has 1 aliphatic heterocycles. The Labute approximate surface area is 153 Å². The van der Waals surface area contributed by atoms with Crippen molar-refractivity contribution in [1.82, 2.24) is 15.1 Å². The van der Waals surface area contributed by atoms with Crippen molar-refractivity contribution in [3.63, 3.8) is 0 Å². The lowest BCUT2D eigenvalue weighted by molar-refractivity contribution is 0.0204. The predicted molar refractivity (Wildman–Crippen MR) is 97.9 cm³/mol. The first kappa shape index (κ1) is 21.7. The molecule has 4 N–H and O–H groups in total. The third-order valence-electron chi connectivity index (χ3n) is 3.71. The summed E-state index contributed by atoms with van der Waals surface area (Å²) in [5, 5.41) is 8.20. The summed E-state index contributed by atoms with van der Waals surface area (Å²) in [6, 6.07) is 9.56. The zero-order chi connectivity index (χ0) is 17.2. The molecule has 0 spiro atoms. The fourth-order valence-corrected chi connectivity index (χ4v) is 2.69. The third kappa shape index (κ3) is 5.30. The maximum atomic E-state index is 12.3. The lowest BCUT2D eigenvalue weighted by Crippen LogP contribution is -2.36. The van der Waals surface area contributed by atoms with Crippen molar-refractivity contribution in [3.05, 3.63) is 36.2 Å². The molecule has 1 saturated heterocycles. The highest BCUT2D eigenvalue weighted by Gasteiger charge is 2.36. The molecule has 141 valence electrons. The van der Waals surface area contributed by atoms with E-state index in [9.17, 15) is 4.79 Å². The Morgan fingerprint density at radius 3 is 2.58 bits per heavy atom. The van der Waals surface area contributed by atoms with Crippen LogP contribution in [0.1, 0.15) is 45.5 Å². The Balaban J connectivity index is 0.00000169. The van der Waals surface area contributed by atoms with Crippen LogP contribution in [0.3, 0.4) is 0 Å². The minimum Gasteiger partial charge on any atom is -0.444 e. The number of nitrogens with zero attached hydrogens (tertiary/aromatic N) is 3. The highest BCUT2D eigenvalue weighted by atomic mass is 16.6. The van der Waals surface area contributed by atoms with Gasteiger partial charge in [-0.25, -0.2) is 4.79 Å². The summed E-state index contributed by atoms with van der Waals surface area (Å²) in [5.41, 5.74) is 0.466. The summed E-state index contributed by atoms with van der Waals surface area (Å²) >= 11 is 0. The molecule has 0 aliphatic carbocycles. The van der Waals surface area contributed by atoms with Crippen LogP contribution in [-0.4, -0.2) is 51.6 Å². The standard InChI is InChI=1S/C17H21BN3O3.2H2O/c1-17(2,3)24-16(22)21-11-7-10-13(21)14-19-20-15(23-14)18-12-8-5-4-6-9-12;;/h4-6,8-9,13H,7,10-11H2,1-3H3;2*1H2. The van der Waals surface area contributed by atoms with Gasteiger partial charge in [0.15, 0.2) is 5.79 Å². The molecule has 0 bridgehead atoms. The quantitative estimate of drug-likeness (QED) is 0.717. The van der Waals surface area contributed by atoms with Gasteiger partial charge in [0.25, 0.3) is 7.28 Å². The second kappa shape index (κ2) is 8.82. The van der Waals surface area contributed by atoms with Crippen LogP contribution in [0.4, 0.5) is 4.79 Å². The molecule has 1 aliphatic rings. The van der Waals surface area contributed by atoms with Crippen molar-refractivity contribution < 1.29 is 24.9 Å². The zero-order valence-corrected chi connectivity index (χ0v) is 15.2. The average molecular weight is 362 g/mol. The van der Waals surface area contributed by atoms with Crippen LogP contribution < -0.4 is 11.3 Å². The minimum atomic E-state index is -0.523. The smallest absolute Gasteiger partial charge is 0.410 e. The summed E-state index contributed by atoms with van der Waals surface area (Å²) in [6.07, 6.45) is 1.35. The molecule has 1 aromatic heterocycles. The normalized spacial score (nSPS) is 16.4. The van der Waals surface area contributed by atoms with Crippen molar-refractivity contribution in [3.8, 4) is 0 Å². The predicted octanol–water partition coefficient (Wildman–Crippen LogP) is 0.147. The van der Waals surface area contributed by atoms with E-state index in [-0.39, 0.29) is 23.1 Å². The first-order valence-corrected chi connectivity index (χ1v) is 8.15. The molecule has 0 saturated carbocycles. The number of hydrogen-bond donors (Lipinski definition) is 0. The molecular formula is C17H25BN3O5. The van der Waals surface area contributed by atoms with Gasteiger partial charge < -0.3 is 20.1 Å². The molecular weight excluding hydrogens is 337 g/mol. The molecule has 1 radical (unpaired) electrons. The second-order valence-electron chi connectivity index (χ2n) is 6.87. The number of likely N-dealkylation sites (tertiary alicyclic amines) is 1. The lowest BCUT2D eigenvalue weighted by atomic mass is 9.70. The molecule has 1 amide bonds. The van der Waals surface area contributed by atoms with E-state index in [1.54, 1.807) is 4.90 Å².